The molecule has 0 aliphatic carbocycles. The van der Waals surface area contributed by atoms with E-state index in [1.165, 1.54) is 16.7 Å². The van der Waals surface area contributed by atoms with Gasteiger partial charge in [0.1, 0.15) is 11.4 Å². The minimum absolute atomic E-state index is 0.130. The molecule has 25 heavy (non-hydrogen) atoms. The Hall–Kier alpha value is -2.07. The van der Waals surface area contributed by atoms with Crippen LogP contribution in [0.3, 0.4) is 0 Å². The van der Waals surface area contributed by atoms with Crippen molar-refractivity contribution < 1.29 is 4.74 Å². The van der Waals surface area contributed by atoms with Crippen molar-refractivity contribution in [3.8, 4) is 5.75 Å². The molecular weight excluding hydrogens is 328 g/mol. The molecule has 0 spiro atoms. The van der Waals surface area contributed by atoms with E-state index in [0.29, 0.717) is 5.11 Å². The second kappa shape index (κ2) is 6.68. The average molecular weight is 355 g/mol. The van der Waals surface area contributed by atoms with Crippen LogP contribution in [0.5, 0.6) is 5.75 Å². The largest absolute Gasteiger partial charge is 0.487 e. The molecule has 1 aliphatic rings. The van der Waals surface area contributed by atoms with Gasteiger partial charge in [0.2, 0.25) is 0 Å². The van der Waals surface area contributed by atoms with Crippen LogP contribution < -0.4 is 15.4 Å². The van der Waals surface area contributed by atoms with Gasteiger partial charge in [0, 0.05) is 17.7 Å². The van der Waals surface area contributed by atoms with Gasteiger partial charge >= 0.3 is 0 Å². The summed E-state index contributed by atoms with van der Waals surface area (Å²) in [6.07, 6.45) is 0.859. The summed E-state index contributed by atoms with van der Waals surface area (Å²) in [6, 6.07) is 12.8. The van der Waals surface area contributed by atoms with E-state index < -0.39 is 0 Å². The van der Waals surface area contributed by atoms with E-state index in [-0.39, 0.29) is 11.6 Å². The molecule has 1 atom stereocenters. The topological polar surface area (TPSA) is 33.3 Å². The summed E-state index contributed by atoms with van der Waals surface area (Å²) in [4.78, 5) is 0. The van der Waals surface area contributed by atoms with E-state index in [2.05, 4.69) is 81.7 Å². The second-order valence-corrected chi connectivity index (χ2v) is 7.98. The quantitative estimate of drug-likeness (QED) is 0.726. The summed E-state index contributed by atoms with van der Waals surface area (Å²) >= 11 is 5.58. The van der Waals surface area contributed by atoms with Crippen LogP contribution in [0.2, 0.25) is 0 Å². The SMILES string of the molecule is Cc1ccc(NC(=S)N[C@@H]2CC(C)(C)Oc3cc(C)ccc32)c(C)c1. The van der Waals surface area contributed by atoms with Crippen LogP contribution in [0, 0.1) is 20.8 Å². The zero-order valence-electron chi connectivity index (χ0n) is 15.6. The number of rotatable bonds is 2. The first-order valence-electron chi connectivity index (χ1n) is 8.68. The van der Waals surface area contributed by atoms with Gasteiger partial charge in [-0.3, -0.25) is 0 Å². The van der Waals surface area contributed by atoms with Crippen LogP contribution in [0.1, 0.15) is 48.6 Å². The summed E-state index contributed by atoms with van der Waals surface area (Å²) in [7, 11) is 0. The Balaban J connectivity index is 1.79. The van der Waals surface area contributed by atoms with Gasteiger partial charge < -0.3 is 15.4 Å². The standard InChI is InChI=1S/C21H26N2OS/c1-13-7-9-17(15(3)10-13)22-20(25)23-18-12-21(4,5)24-19-11-14(2)6-8-16(18)19/h6-11,18H,12H2,1-5H3,(H2,22,23,25)/t18-/m1/s1. The van der Waals surface area contributed by atoms with Crippen LogP contribution in [-0.4, -0.2) is 10.7 Å². The normalized spacial score (nSPS) is 18.0. The monoisotopic (exact) mass is 354 g/mol. The number of benzene rings is 2. The lowest BCUT2D eigenvalue weighted by Crippen LogP contribution is -2.42. The molecule has 3 nitrogen and oxygen atoms in total. The van der Waals surface area contributed by atoms with Crippen molar-refractivity contribution in [1.29, 1.82) is 0 Å². The Labute approximate surface area is 155 Å². The molecular formula is C21H26N2OS. The third-order valence-corrected chi connectivity index (χ3v) is 4.78. The number of thiocarbonyl (C=S) groups is 1. The molecule has 2 N–H and O–H groups in total. The molecule has 0 aromatic heterocycles. The molecule has 2 aromatic carbocycles. The van der Waals surface area contributed by atoms with Crippen LogP contribution in [0.15, 0.2) is 36.4 Å². The van der Waals surface area contributed by atoms with Gasteiger partial charge in [-0.2, -0.15) is 0 Å². The van der Waals surface area contributed by atoms with E-state index in [1.54, 1.807) is 0 Å². The minimum Gasteiger partial charge on any atom is -0.487 e. The smallest absolute Gasteiger partial charge is 0.171 e. The van der Waals surface area contributed by atoms with Crippen molar-refractivity contribution in [2.45, 2.75) is 52.7 Å². The molecule has 0 saturated heterocycles. The van der Waals surface area contributed by atoms with Gasteiger partial charge in [-0.05, 0) is 70.1 Å². The van der Waals surface area contributed by atoms with Gasteiger partial charge in [0.25, 0.3) is 0 Å². The van der Waals surface area contributed by atoms with Gasteiger partial charge in [0.05, 0.1) is 6.04 Å². The lowest BCUT2D eigenvalue weighted by Gasteiger charge is -2.38. The lowest BCUT2D eigenvalue weighted by molar-refractivity contribution is 0.0696. The van der Waals surface area contributed by atoms with E-state index in [0.717, 1.165) is 23.4 Å². The molecule has 132 valence electrons. The number of hydrogen-bond acceptors (Lipinski definition) is 2. The highest BCUT2D eigenvalue weighted by Gasteiger charge is 2.34. The molecule has 0 bridgehead atoms. The molecule has 4 heteroatoms. The summed E-state index contributed by atoms with van der Waals surface area (Å²) in [5.74, 6) is 0.947. The van der Waals surface area contributed by atoms with Crippen LogP contribution in [0.25, 0.3) is 0 Å². The fourth-order valence-corrected chi connectivity index (χ4v) is 3.61. The van der Waals surface area contributed by atoms with Crippen molar-refractivity contribution in [1.82, 2.24) is 5.32 Å². The fourth-order valence-electron chi connectivity index (χ4n) is 3.36. The Bertz CT molecular complexity index is 814. The third kappa shape index (κ3) is 4.13. The van der Waals surface area contributed by atoms with E-state index in [1.807, 2.05) is 0 Å². The fraction of sp³-hybridized carbons (Fsp3) is 0.381. The molecule has 0 radical (unpaired) electrons. The molecule has 2 aromatic rings. The summed E-state index contributed by atoms with van der Waals surface area (Å²) in [5.41, 5.74) is 5.61. The van der Waals surface area contributed by atoms with Crippen molar-refractivity contribution in [2.24, 2.45) is 0 Å². The number of aryl methyl sites for hydroxylation is 3. The first-order valence-corrected chi connectivity index (χ1v) is 9.09. The maximum atomic E-state index is 6.16. The van der Waals surface area contributed by atoms with Gasteiger partial charge in [-0.15, -0.1) is 0 Å². The highest BCUT2D eigenvalue weighted by atomic mass is 32.1. The van der Waals surface area contributed by atoms with Crippen molar-refractivity contribution in [3.63, 3.8) is 0 Å². The van der Waals surface area contributed by atoms with Crippen LogP contribution in [0.4, 0.5) is 5.69 Å². The van der Waals surface area contributed by atoms with Crippen molar-refractivity contribution in [2.75, 3.05) is 5.32 Å². The van der Waals surface area contributed by atoms with Crippen molar-refractivity contribution >= 4 is 23.0 Å². The Kier molecular flexibility index (Phi) is 4.74. The summed E-state index contributed by atoms with van der Waals surface area (Å²) in [5, 5.41) is 7.45. The first kappa shape index (κ1) is 17.7. The van der Waals surface area contributed by atoms with Crippen LogP contribution in [-0.2, 0) is 0 Å². The predicted octanol–water partition coefficient (Wildman–Crippen LogP) is 5.20. The summed E-state index contributed by atoms with van der Waals surface area (Å²) < 4.78 is 6.16. The Morgan fingerprint density at radius 1 is 1.08 bits per heavy atom. The van der Waals surface area contributed by atoms with Crippen LogP contribution >= 0.6 is 12.2 Å². The summed E-state index contributed by atoms with van der Waals surface area (Å²) in [6.45, 7) is 10.5. The van der Waals surface area contributed by atoms with Gasteiger partial charge in [-0.25, -0.2) is 0 Å². The highest BCUT2D eigenvalue weighted by Crippen LogP contribution is 2.39. The zero-order chi connectivity index (χ0) is 18.2. The van der Waals surface area contributed by atoms with E-state index in [4.69, 9.17) is 17.0 Å². The van der Waals surface area contributed by atoms with Crippen molar-refractivity contribution in [3.05, 3.63) is 58.7 Å². The number of anilines is 1. The first-order chi connectivity index (χ1) is 11.7. The number of fused-ring (bicyclic) bond motifs is 1. The minimum atomic E-state index is -0.228. The number of ether oxygens (including phenoxy) is 1. The molecule has 0 amide bonds. The maximum Gasteiger partial charge on any atom is 0.171 e. The molecule has 1 heterocycles. The lowest BCUT2D eigenvalue weighted by atomic mass is 9.89. The maximum absolute atomic E-state index is 6.16. The number of nitrogens with one attached hydrogen (secondary N) is 2. The van der Waals surface area contributed by atoms with Gasteiger partial charge in [0.15, 0.2) is 5.11 Å². The second-order valence-electron chi connectivity index (χ2n) is 7.58. The third-order valence-electron chi connectivity index (χ3n) is 4.56. The molecule has 1 aliphatic heterocycles. The van der Waals surface area contributed by atoms with E-state index in [9.17, 15) is 0 Å². The Morgan fingerprint density at radius 2 is 1.76 bits per heavy atom. The molecule has 3 rings (SSSR count). The van der Waals surface area contributed by atoms with E-state index >= 15 is 0 Å². The molecule has 0 saturated carbocycles. The zero-order valence-corrected chi connectivity index (χ0v) is 16.4. The molecule has 0 fully saturated rings. The predicted molar refractivity (Wildman–Crippen MR) is 109 cm³/mol. The average Bonchev–Trinajstić information content (AvgIpc) is 2.48. The van der Waals surface area contributed by atoms with Gasteiger partial charge in [-0.1, -0.05) is 29.8 Å². The molecule has 0 unspecified atom stereocenters. The highest BCUT2D eigenvalue weighted by molar-refractivity contribution is 7.80. The number of hydrogen-bond donors (Lipinski definition) is 2. The Morgan fingerprint density at radius 3 is 2.48 bits per heavy atom.